The minimum absolute atomic E-state index is 0.0706. The Labute approximate surface area is 166 Å². The highest BCUT2D eigenvalue weighted by molar-refractivity contribution is 5.29. The molecule has 6 heteroatoms. The molecule has 0 aliphatic carbocycles. The summed E-state index contributed by atoms with van der Waals surface area (Å²) < 4.78 is 5.65. The minimum atomic E-state index is -0.576. The molecule has 0 spiro atoms. The maximum Gasteiger partial charge on any atom is 0.255 e. The van der Waals surface area contributed by atoms with Gasteiger partial charge >= 0.3 is 0 Å². The lowest BCUT2D eigenvalue weighted by Crippen LogP contribution is -2.42. The van der Waals surface area contributed by atoms with Crippen LogP contribution < -0.4 is 5.56 Å². The summed E-state index contributed by atoms with van der Waals surface area (Å²) >= 11 is 0. The van der Waals surface area contributed by atoms with Crippen LogP contribution in [0.2, 0.25) is 0 Å². The minimum Gasteiger partial charge on any atom is -0.389 e. The van der Waals surface area contributed by atoms with Crippen LogP contribution in [-0.2, 0) is 24.1 Å². The first kappa shape index (κ1) is 20.7. The molecule has 0 unspecified atom stereocenters. The average Bonchev–Trinajstić information content (AvgIpc) is 2.62. The molecule has 0 radical (unpaired) electrons. The first-order valence-corrected chi connectivity index (χ1v) is 9.91. The summed E-state index contributed by atoms with van der Waals surface area (Å²) in [7, 11) is 0. The van der Waals surface area contributed by atoms with Crippen molar-refractivity contribution < 1.29 is 9.84 Å². The van der Waals surface area contributed by atoms with Crippen LogP contribution in [0.5, 0.6) is 0 Å². The highest BCUT2D eigenvalue weighted by Crippen LogP contribution is 2.17. The van der Waals surface area contributed by atoms with Crippen molar-refractivity contribution in [3.8, 4) is 0 Å². The van der Waals surface area contributed by atoms with E-state index in [0.29, 0.717) is 37.3 Å². The number of ether oxygens (including phenoxy) is 1. The summed E-state index contributed by atoms with van der Waals surface area (Å²) in [6.45, 7) is 10.0. The summed E-state index contributed by atoms with van der Waals surface area (Å²) in [5.74, 6) is 0.713. The van der Waals surface area contributed by atoms with E-state index in [2.05, 4.69) is 28.9 Å². The maximum absolute atomic E-state index is 12.6. The molecular formula is C22H31N3O3. The topological polar surface area (TPSA) is 78.5 Å². The zero-order valence-electron chi connectivity index (χ0n) is 17.3. The fraction of sp³-hybridized carbons (Fsp3) is 0.545. The highest BCUT2D eigenvalue weighted by Gasteiger charge is 2.23. The molecular weight excluding hydrogens is 354 g/mol. The summed E-state index contributed by atoms with van der Waals surface area (Å²) in [5.41, 5.74) is 3.61. The van der Waals surface area contributed by atoms with Crippen molar-refractivity contribution >= 4 is 0 Å². The zero-order valence-corrected chi connectivity index (χ0v) is 17.3. The van der Waals surface area contributed by atoms with Crippen molar-refractivity contribution in [1.29, 1.82) is 0 Å². The SMILES string of the molecule is Cc1ccccc1Cc1nc2c(c(=O)[nH]1)CN(C[C@@H](O)COC(C)(C)C)CC2. The molecule has 0 amide bonds. The number of fused-ring (bicyclic) bond motifs is 1. The largest absolute Gasteiger partial charge is 0.389 e. The van der Waals surface area contributed by atoms with Crippen molar-refractivity contribution in [2.75, 3.05) is 19.7 Å². The van der Waals surface area contributed by atoms with Crippen LogP contribution in [-0.4, -0.2) is 51.4 Å². The Morgan fingerprint density at radius 3 is 2.79 bits per heavy atom. The average molecular weight is 386 g/mol. The number of aliphatic hydroxyl groups excluding tert-OH is 1. The van der Waals surface area contributed by atoms with Gasteiger partial charge in [-0.3, -0.25) is 9.69 Å². The molecule has 0 bridgehead atoms. The lowest BCUT2D eigenvalue weighted by molar-refractivity contribution is -0.0570. The van der Waals surface area contributed by atoms with E-state index in [9.17, 15) is 9.90 Å². The van der Waals surface area contributed by atoms with Gasteiger partial charge in [-0.05, 0) is 38.8 Å². The van der Waals surface area contributed by atoms with Gasteiger partial charge in [0.2, 0.25) is 0 Å². The number of aryl methyl sites for hydroxylation is 1. The van der Waals surface area contributed by atoms with E-state index >= 15 is 0 Å². The second kappa shape index (κ2) is 8.55. The van der Waals surface area contributed by atoms with Crippen LogP contribution in [0.15, 0.2) is 29.1 Å². The number of H-pyrrole nitrogens is 1. The van der Waals surface area contributed by atoms with Crippen LogP contribution >= 0.6 is 0 Å². The van der Waals surface area contributed by atoms with E-state index in [1.807, 2.05) is 32.9 Å². The number of rotatable bonds is 6. The van der Waals surface area contributed by atoms with E-state index < -0.39 is 6.10 Å². The van der Waals surface area contributed by atoms with Crippen molar-refractivity contribution in [1.82, 2.24) is 14.9 Å². The van der Waals surface area contributed by atoms with E-state index in [4.69, 9.17) is 9.72 Å². The van der Waals surface area contributed by atoms with Crippen LogP contribution in [0.4, 0.5) is 0 Å². The van der Waals surface area contributed by atoms with Gasteiger partial charge in [0.15, 0.2) is 0 Å². The Morgan fingerprint density at radius 1 is 1.32 bits per heavy atom. The second-order valence-electron chi connectivity index (χ2n) is 8.60. The molecule has 2 aromatic rings. The van der Waals surface area contributed by atoms with E-state index in [1.165, 1.54) is 11.1 Å². The van der Waals surface area contributed by atoms with Gasteiger partial charge in [0, 0.05) is 32.5 Å². The van der Waals surface area contributed by atoms with E-state index in [-0.39, 0.29) is 17.8 Å². The van der Waals surface area contributed by atoms with Crippen molar-refractivity contribution in [2.24, 2.45) is 0 Å². The number of β-amino-alcohol motifs (C(OH)–C–C–N with tert-alkyl or cyclic N) is 1. The third-order valence-electron chi connectivity index (χ3n) is 4.99. The van der Waals surface area contributed by atoms with Gasteiger partial charge in [-0.25, -0.2) is 4.98 Å². The molecule has 2 heterocycles. The van der Waals surface area contributed by atoms with Gasteiger partial charge in [0.25, 0.3) is 5.56 Å². The van der Waals surface area contributed by atoms with Crippen LogP contribution in [0.3, 0.4) is 0 Å². The monoisotopic (exact) mass is 385 g/mol. The maximum atomic E-state index is 12.6. The Balaban J connectivity index is 1.66. The van der Waals surface area contributed by atoms with Crippen molar-refractivity contribution in [2.45, 2.75) is 58.8 Å². The van der Waals surface area contributed by atoms with Gasteiger partial charge in [-0.2, -0.15) is 0 Å². The highest BCUT2D eigenvalue weighted by atomic mass is 16.5. The van der Waals surface area contributed by atoms with Crippen molar-refractivity contribution in [3.63, 3.8) is 0 Å². The molecule has 0 fully saturated rings. The molecule has 2 N–H and O–H groups in total. The lowest BCUT2D eigenvalue weighted by atomic mass is 10.0. The Kier molecular flexibility index (Phi) is 6.33. The number of nitrogens with zero attached hydrogens (tertiary/aromatic N) is 2. The van der Waals surface area contributed by atoms with Gasteiger partial charge in [-0.15, -0.1) is 0 Å². The normalized spacial score (nSPS) is 16.0. The first-order chi connectivity index (χ1) is 13.2. The third kappa shape index (κ3) is 5.50. The Hall–Kier alpha value is -2.02. The molecule has 1 aliphatic heterocycles. The molecule has 1 atom stereocenters. The summed E-state index contributed by atoms with van der Waals surface area (Å²) in [6, 6.07) is 8.15. The summed E-state index contributed by atoms with van der Waals surface area (Å²) in [6.07, 6.45) is 0.766. The standard InChI is InChI=1S/C22H31N3O3/c1-15-7-5-6-8-16(15)11-20-23-19-9-10-25(13-18(19)21(27)24-20)12-17(26)14-28-22(2,3)4/h5-8,17,26H,9-14H2,1-4H3,(H,23,24,27)/t17-/m1/s1. The van der Waals surface area contributed by atoms with Crippen LogP contribution in [0, 0.1) is 6.92 Å². The molecule has 28 heavy (non-hydrogen) atoms. The predicted octanol–water partition coefficient (Wildman–Crippen LogP) is 2.20. The fourth-order valence-corrected chi connectivity index (χ4v) is 3.46. The summed E-state index contributed by atoms with van der Waals surface area (Å²) in [4.78, 5) is 22.4. The van der Waals surface area contributed by atoms with E-state index in [0.717, 1.165) is 12.2 Å². The molecule has 0 saturated heterocycles. The number of aliphatic hydroxyl groups is 1. The zero-order chi connectivity index (χ0) is 20.3. The molecule has 6 nitrogen and oxygen atoms in total. The molecule has 3 rings (SSSR count). The van der Waals surface area contributed by atoms with Gasteiger partial charge < -0.3 is 14.8 Å². The van der Waals surface area contributed by atoms with Crippen LogP contribution in [0.1, 0.15) is 49.0 Å². The van der Waals surface area contributed by atoms with E-state index in [1.54, 1.807) is 0 Å². The Morgan fingerprint density at radius 2 is 2.07 bits per heavy atom. The second-order valence-corrected chi connectivity index (χ2v) is 8.60. The van der Waals surface area contributed by atoms with Crippen molar-refractivity contribution in [3.05, 3.63) is 62.8 Å². The summed E-state index contributed by atoms with van der Waals surface area (Å²) in [5, 5.41) is 10.2. The lowest BCUT2D eigenvalue weighted by Gasteiger charge is -2.30. The number of aromatic amines is 1. The number of hydrogen-bond donors (Lipinski definition) is 2. The third-order valence-corrected chi connectivity index (χ3v) is 4.99. The quantitative estimate of drug-likeness (QED) is 0.797. The fourth-order valence-electron chi connectivity index (χ4n) is 3.46. The van der Waals surface area contributed by atoms with Crippen LogP contribution in [0.25, 0.3) is 0 Å². The smallest absolute Gasteiger partial charge is 0.255 e. The molecule has 1 aliphatic rings. The van der Waals surface area contributed by atoms with Gasteiger partial charge in [0.05, 0.1) is 29.6 Å². The first-order valence-electron chi connectivity index (χ1n) is 9.91. The number of aromatic nitrogens is 2. The molecule has 0 saturated carbocycles. The van der Waals surface area contributed by atoms with Gasteiger partial charge in [-0.1, -0.05) is 24.3 Å². The number of benzene rings is 1. The predicted molar refractivity (Wildman–Crippen MR) is 110 cm³/mol. The Bertz CT molecular complexity index is 870. The molecule has 1 aromatic carbocycles. The molecule has 152 valence electrons. The number of hydrogen-bond acceptors (Lipinski definition) is 5. The van der Waals surface area contributed by atoms with Gasteiger partial charge in [0.1, 0.15) is 5.82 Å². The number of nitrogens with one attached hydrogen (secondary N) is 1. The molecule has 1 aromatic heterocycles.